The van der Waals surface area contributed by atoms with Crippen molar-refractivity contribution in [1.82, 2.24) is 25.2 Å². The molecular weight excluding hydrogens is 422 g/mol. The first kappa shape index (κ1) is 18.9. The van der Waals surface area contributed by atoms with Gasteiger partial charge in [-0.1, -0.05) is 40.3 Å². The SMILES string of the molecule is C[C@H](NC(=O)c1cnn(-c2ccc(Br)cc2)c1)c1nc(C2CCCCC2)no1. The Labute approximate surface area is 171 Å². The second-order valence-corrected chi connectivity index (χ2v) is 8.09. The lowest BCUT2D eigenvalue weighted by molar-refractivity contribution is 0.0932. The molecule has 0 spiro atoms. The number of carbonyl (C=O) groups excluding carboxylic acids is 1. The minimum atomic E-state index is -0.367. The fraction of sp³-hybridized carbons (Fsp3) is 0.400. The Bertz CT molecular complexity index is 944. The quantitative estimate of drug-likeness (QED) is 0.624. The molecule has 1 aromatic carbocycles. The molecule has 0 aliphatic heterocycles. The van der Waals surface area contributed by atoms with Gasteiger partial charge in [0.1, 0.15) is 6.04 Å². The molecule has 0 unspecified atom stereocenters. The third kappa shape index (κ3) is 4.16. The summed E-state index contributed by atoms with van der Waals surface area (Å²) in [5.74, 6) is 1.35. The number of hydrogen-bond acceptors (Lipinski definition) is 5. The van der Waals surface area contributed by atoms with Crippen LogP contribution in [0, 0.1) is 0 Å². The first-order valence-corrected chi connectivity index (χ1v) is 10.3. The van der Waals surface area contributed by atoms with Crippen molar-refractivity contribution in [3.05, 3.63) is 58.4 Å². The summed E-state index contributed by atoms with van der Waals surface area (Å²) in [5.41, 5.74) is 1.35. The molecule has 0 bridgehead atoms. The van der Waals surface area contributed by atoms with E-state index in [1.54, 1.807) is 17.1 Å². The van der Waals surface area contributed by atoms with Gasteiger partial charge in [0, 0.05) is 16.6 Å². The Hall–Kier alpha value is -2.48. The zero-order valence-electron chi connectivity index (χ0n) is 15.6. The summed E-state index contributed by atoms with van der Waals surface area (Å²) in [6.45, 7) is 1.84. The van der Waals surface area contributed by atoms with Crippen LogP contribution in [0.5, 0.6) is 0 Å². The van der Waals surface area contributed by atoms with Crippen LogP contribution in [0.3, 0.4) is 0 Å². The molecule has 0 saturated heterocycles. The van der Waals surface area contributed by atoms with Crippen LogP contribution in [-0.2, 0) is 0 Å². The first-order chi connectivity index (χ1) is 13.6. The number of hydrogen-bond donors (Lipinski definition) is 1. The van der Waals surface area contributed by atoms with Gasteiger partial charge in [-0.25, -0.2) is 4.68 Å². The zero-order valence-corrected chi connectivity index (χ0v) is 17.2. The van der Waals surface area contributed by atoms with Gasteiger partial charge in [-0.15, -0.1) is 0 Å². The predicted octanol–water partition coefficient (Wildman–Crippen LogP) is 4.56. The Balaban J connectivity index is 1.41. The van der Waals surface area contributed by atoms with Gasteiger partial charge in [-0.2, -0.15) is 10.1 Å². The Kier molecular flexibility index (Phi) is 5.57. The molecule has 0 radical (unpaired) electrons. The van der Waals surface area contributed by atoms with Crippen molar-refractivity contribution < 1.29 is 9.32 Å². The molecule has 1 aliphatic rings. The van der Waals surface area contributed by atoms with Gasteiger partial charge in [0.2, 0.25) is 5.89 Å². The normalized spacial score (nSPS) is 16.1. The number of nitrogens with zero attached hydrogens (tertiary/aromatic N) is 4. The Morgan fingerprint density at radius 3 is 2.75 bits per heavy atom. The molecule has 7 nitrogen and oxygen atoms in total. The molecule has 1 N–H and O–H groups in total. The van der Waals surface area contributed by atoms with Crippen molar-refractivity contribution in [2.24, 2.45) is 0 Å². The zero-order chi connectivity index (χ0) is 19.5. The van der Waals surface area contributed by atoms with E-state index >= 15 is 0 Å². The van der Waals surface area contributed by atoms with Crippen LogP contribution < -0.4 is 5.32 Å². The van der Waals surface area contributed by atoms with E-state index in [1.165, 1.54) is 19.3 Å². The molecule has 3 aromatic rings. The van der Waals surface area contributed by atoms with E-state index in [-0.39, 0.29) is 11.9 Å². The van der Waals surface area contributed by atoms with E-state index in [0.717, 1.165) is 28.8 Å². The maximum absolute atomic E-state index is 12.6. The number of benzene rings is 1. The molecule has 1 aliphatic carbocycles. The molecule has 4 rings (SSSR count). The van der Waals surface area contributed by atoms with Crippen LogP contribution in [0.4, 0.5) is 0 Å². The van der Waals surface area contributed by atoms with Gasteiger partial charge < -0.3 is 9.84 Å². The first-order valence-electron chi connectivity index (χ1n) is 9.55. The van der Waals surface area contributed by atoms with Gasteiger partial charge in [0.15, 0.2) is 5.82 Å². The third-order valence-corrected chi connectivity index (χ3v) is 5.61. The number of halogens is 1. The summed E-state index contributed by atoms with van der Waals surface area (Å²) in [6.07, 6.45) is 9.16. The monoisotopic (exact) mass is 443 g/mol. The highest BCUT2D eigenvalue weighted by Crippen LogP contribution is 2.31. The number of rotatable bonds is 5. The number of carbonyl (C=O) groups is 1. The van der Waals surface area contributed by atoms with Gasteiger partial charge in [-0.05, 0) is 44.0 Å². The van der Waals surface area contributed by atoms with Crippen LogP contribution in [0.25, 0.3) is 5.69 Å². The fourth-order valence-corrected chi connectivity index (χ4v) is 3.73. The summed E-state index contributed by atoms with van der Waals surface area (Å²) < 4.78 is 8.06. The molecule has 1 saturated carbocycles. The van der Waals surface area contributed by atoms with Crippen molar-refractivity contribution >= 4 is 21.8 Å². The summed E-state index contributed by atoms with van der Waals surface area (Å²) >= 11 is 3.41. The summed E-state index contributed by atoms with van der Waals surface area (Å²) in [6, 6.07) is 7.34. The maximum Gasteiger partial charge on any atom is 0.255 e. The van der Waals surface area contributed by atoms with E-state index < -0.39 is 0 Å². The van der Waals surface area contributed by atoms with Crippen molar-refractivity contribution in [2.75, 3.05) is 0 Å². The standard InChI is InChI=1S/C20H22BrN5O2/c1-13(20-24-18(25-28-20)14-5-3-2-4-6-14)23-19(27)15-11-22-26(12-15)17-9-7-16(21)8-10-17/h7-14H,2-6H2,1H3,(H,23,27)/t13-/m0/s1. The minimum absolute atomic E-state index is 0.228. The highest BCUT2D eigenvalue weighted by atomic mass is 79.9. The van der Waals surface area contributed by atoms with Crippen LogP contribution in [0.1, 0.15) is 73.1 Å². The van der Waals surface area contributed by atoms with Crippen LogP contribution in [0.15, 0.2) is 45.7 Å². The molecule has 1 amide bonds. The van der Waals surface area contributed by atoms with E-state index in [2.05, 4.69) is 36.5 Å². The topological polar surface area (TPSA) is 85.8 Å². The Morgan fingerprint density at radius 1 is 1.25 bits per heavy atom. The number of aromatic nitrogens is 4. The van der Waals surface area contributed by atoms with Crippen molar-refractivity contribution in [3.8, 4) is 5.69 Å². The van der Waals surface area contributed by atoms with E-state index in [0.29, 0.717) is 17.4 Å². The van der Waals surface area contributed by atoms with Gasteiger partial charge in [0.05, 0.1) is 17.4 Å². The van der Waals surface area contributed by atoms with Crippen molar-refractivity contribution in [3.63, 3.8) is 0 Å². The Morgan fingerprint density at radius 2 is 2.00 bits per heavy atom. The van der Waals surface area contributed by atoms with Gasteiger partial charge in [0.25, 0.3) is 5.91 Å². The number of nitrogens with one attached hydrogen (secondary N) is 1. The van der Waals surface area contributed by atoms with Gasteiger partial charge in [-0.3, -0.25) is 4.79 Å². The number of amides is 1. The molecule has 2 aromatic heterocycles. The smallest absolute Gasteiger partial charge is 0.255 e. The van der Waals surface area contributed by atoms with Crippen LogP contribution >= 0.6 is 15.9 Å². The second kappa shape index (κ2) is 8.26. The second-order valence-electron chi connectivity index (χ2n) is 7.17. The molecule has 1 atom stereocenters. The molecule has 146 valence electrons. The summed E-state index contributed by atoms with van der Waals surface area (Å²) in [5, 5.41) is 11.3. The molecule has 1 fully saturated rings. The lowest BCUT2D eigenvalue weighted by Crippen LogP contribution is -2.26. The van der Waals surface area contributed by atoms with Crippen LogP contribution in [0.2, 0.25) is 0 Å². The third-order valence-electron chi connectivity index (χ3n) is 5.08. The predicted molar refractivity (Wildman–Crippen MR) is 107 cm³/mol. The average molecular weight is 444 g/mol. The lowest BCUT2D eigenvalue weighted by Gasteiger charge is -2.17. The molecule has 8 heteroatoms. The molecule has 2 heterocycles. The lowest BCUT2D eigenvalue weighted by atomic mass is 9.89. The summed E-state index contributed by atoms with van der Waals surface area (Å²) in [4.78, 5) is 17.1. The van der Waals surface area contributed by atoms with E-state index in [1.807, 2.05) is 31.2 Å². The van der Waals surface area contributed by atoms with E-state index in [9.17, 15) is 4.79 Å². The largest absolute Gasteiger partial charge is 0.340 e. The highest BCUT2D eigenvalue weighted by molar-refractivity contribution is 9.10. The van der Waals surface area contributed by atoms with Crippen molar-refractivity contribution in [1.29, 1.82) is 0 Å². The minimum Gasteiger partial charge on any atom is -0.340 e. The molecule has 28 heavy (non-hydrogen) atoms. The average Bonchev–Trinajstić information content (AvgIpc) is 3.39. The maximum atomic E-state index is 12.6. The highest BCUT2D eigenvalue weighted by Gasteiger charge is 2.24. The van der Waals surface area contributed by atoms with Crippen molar-refractivity contribution in [2.45, 2.75) is 51.0 Å². The summed E-state index contributed by atoms with van der Waals surface area (Å²) in [7, 11) is 0. The van der Waals surface area contributed by atoms with Crippen LogP contribution in [-0.4, -0.2) is 25.8 Å². The fourth-order valence-electron chi connectivity index (χ4n) is 3.47. The van der Waals surface area contributed by atoms with E-state index in [4.69, 9.17) is 4.52 Å². The molecular formula is C20H22BrN5O2. The van der Waals surface area contributed by atoms with Gasteiger partial charge >= 0.3 is 0 Å².